The molecule has 1 fully saturated rings. The zero-order chi connectivity index (χ0) is 19.7. The number of Topliss-reactive ketones (excluding diaryl/α,β-unsaturated/α-hetero) is 1. The number of hydrogen-bond acceptors (Lipinski definition) is 4. The lowest BCUT2D eigenvalue weighted by Gasteiger charge is -2.35. The van der Waals surface area contributed by atoms with Crippen LogP contribution in [0.2, 0.25) is 10.0 Å². The van der Waals surface area contributed by atoms with Crippen molar-refractivity contribution in [2.24, 2.45) is 5.92 Å². The van der Waals surface area contributed by atoms with Gasteiger partial charge in [-0.15, -0.1) is 0 Å². The number of nitrogens with one attached hydrogen (secondary N) is 1. The van der Waals surface area contributed by atoms with E-state index in [1.54, 1.807) is 11.8 Å². The van der Waals surface area contributed by atoms with Gasteiger partial charge >= 0.3 is 5.97 Å². The number of aryl methyl sites for hydroxylation is 1. The number of nitrogens with zero attached hydrogens (tertiary/aromatic N) is 2. The normalized spacial score (nSPS) is 19.9. The molecule has 3 rings (SSSR count). The van der Waals surface area contributed by atoms with Gasteiger partial charge in [-0.1, -0.05) is 23.2 Å². The van der Waals surface area contributed by atoms with E-state index >= 15 is 0 Å². The number of carboxylic acid groups (broad SMARTS) is 1. The van der Waals surface area contributed by atoms with Gasteiger partial charge in [-0.05, 0) is 25.5 Å². The maximum absolute atomic E-state index is 14.7. The third-order valence-corrected chi connectivity index (χ3v) is 5.72. The molecule has 0 aliphatic carbocycles. The molecule has 27 heavy (non-hydrogen) atoms. The Morgan fingerprint density at radius 2 is 2.15 bits per heavy atom. The third kappa shape index (κ3) is 4.09. The second kappa shape index (κ2) is 7.86. The summed E-state index contributed by atoms with van der Waals surface area (Å²) in [5, 5.41) is 9.54. The number of anilines is 1. The van der Waals surface area contributed by atoms with Crippen molar-refractivity contribution in [1.29, 1.82) is 0 Å². The molecular weight excluding hydrogens is 396 g/mol. The molecule has 1 aliphatic heterocycles. The lowest BCUT2D eigenvalue weighted by molar-refractivity contribution is 0.0696. The Kier molecular flexibility index (Phi) is 5.72. The number of ketones is 1. The van der Waals surface area contributed by atoms with Gasteiger partial charge in [-0.2, -0.15) is 0 Å². The Morgan fingerprint density at radius 3 is 2.74 bits per heavy atom. The molecule has 0 unspecified atom stereocenters. The highest BCUT2D eigenvalue weighted by Crippen LogP contribution is 2.33. The molecule has 0 saturated carbocycles. The maximum Gasteiger partial charge on any atom is 0.335 e. The second-order valence-electron chi connectivity index (χ2n) is 6.60. The minimum Gasteiger partial charge on any atom is -0.478 e. The predicted octanol–water partition coefficient (Wildman–Crippen LogP) is 4.16. The van der Waals surface area contributed by atoms with Crippen molar-refractivity contribution in [3.8, 4) is 0 Å². The van der Waals surface area contributed by atoms with Crippen LogP contribution in [0.1, 0.15) is 39.4 Å². The molecular formula is C18H18Cl2FN3O3. The molecule has 2 atom stereocenters. The van der Waals surface area contributed by atoms with Gasteiger partial charge in [0.05, 0.1) is 22.2 Å². The molecule has 6 nitrogen and oxygen atoms in total. The number of hydrogen-bond donors (Lipinski definition) is 2. The highest BCUT2D eigenvalue weighted by Gasteiger charge is 2.32. The third-order valence-electron chi connectivity index (χ3n) is 4.77. The second-order valence-corrected chi connectivity index (χ2v) is 7.35. The standard InChI is InChI=1S/C18H18Cl2FN3O3/c1-9-15(19)16(20)17(23-9)13(25)6-10-3-5-24(8-12(10)21)14-7-11(18(26)27)2-4-22-14/h2,4,7,10,12,23H,3,5-6,8H2,1H3,(H,26,27)/t10-,12-/m0/s1. The van der Waals surface area contributed by atoms with Crippen LogP contribution in [0, 0.1) is 12.8 Å². The van der Waals surface area contributed by atoms with Crippen molar-refractivity contribution >= 4 is 40.8 Å². The summed E-state index contributed by atoms with van der Waals surface area (Å²) in [5.41, 5.74) is 0.909. The molecule has 2 N–H and O–H groups in total. The van der Waals surface area contributed by atoms with Crippen LogP contribution in [0.15, 0.2) is 18.3 Å². The lowest BCUT2D eigenvalue weighted by atomic mass is 9.89. The number of piperidine rings is 1. The number of carboxylic acids is 1. The summed E-state index contributed by atoms with van der Waals surface area (Å²) in [6.07, 6.45) is 0.606. The first-order valence-electron chi connectivity index (χ1n) is 8.43. The van der Waals surface area contributed by atoms with Crippen molar-refractivity contribution < 1.29 is 19.1 Å². The molecule has 1 saturated heterocycles. The first-order valence-corrected chi connectivity index (χ1v) is 9.18. The number of halogens is 3. The van der Waals surface area contributed by atoms with Crippen LogP contribution in [0.25, 0.3) is 0 Å². The number of rotatable bonds is 5. The van der Waals surface area contributed by atoms with E-state index in [2.05, 4.69) is 9.97 Å². The number of aromatic amines is 1. The van der Waals surface area contributed by atoms with Crippen LogP contribution in [0.5, 0.6) is 0 Å². The number of pyridine rings is 1. The maximum atomic E-state index is 14.7. The molecule has 144 valence electrons. The Hall–Kier alpha value is -2.12. The van der Waals surface area contributed by atoms with E-state index in [1.807, 2.05) is 0 Å². The molecule has 0 aromatic carbocycles. The number of aromatic carboxylic acids is 1. The zero-order valence-electron chi connectivity index (χ0n) is 14.5. The first kappa shape index (κ1) is 19.6. The highest BCUT2D eigenvalue weighted by atomic mass is 35.5. The van der Waals surface area contributed by atoms with Crippen molar-refractivity contribution in [3.63, 3.8) is 0 Å². The van der Waals surface area contributed by atoms with Gasteiger partial charge in [-0.3, -0.25) is 4.79 Å². The summed E-state index contributed by atoms with van der Waals surface area (Å²) in [5.74, 6) is -1.37. The Bertz CT molecular complexity index is 887. The molecule has 0 spiro atoms. The SMILES string of the molecule is Cc1[nH]c(C(=O)C[C@@H]2CCN(c3cc(C(=O)O)ccn3)C[C@@H]2F)c(Cl)c1Cl. The van der Waals surface area contributed by atoms with Gasteiger partial charge in [-0.25, -0.2) is 14.2 Å². The topological polar surface area (TPSA) is 86.3 Å². The largest absolute Gasteiger partial charge is 0.478 e. The predicted molar refractivity (Wildman–Crippen MR) is 101 cm³/mol. The summed E-state index contributed by atoms with van der Waals surface area (Å²) in [6.45, 7) is 2.23. The number of alkyl halides is 1. The molecule has 0 bridgehead atoms. The van der Waals surface area contributed by atoms with Crippen molar-refractivity contribution in [2.75, 3.05) is 18.0 Å². The lowest BCUT2D eigenvalue weighted by Crippen LogP contribution is -2.43. The quantitative estimate of drug-likeness (QED) is 0.718. The van der Waals surface area contributed by atoms with E-state index in [4.69, 9.17) is 28.3 Å². The monoisotopic (exact) mass is 413 g/mol. The first-order chi connectivity index (χ1) is 12.8. The van der Waals surface area contributed by atoms with Crippen LogP contribution < -0.4 is 4.90 Å². The van der Waals surface area contributed by atoms with Gasteiger partial charge in [0.15, 0.2) is 5.78 Å². The summed E-state index contributed by atoms with van der Waals surface area (Å²) >= 11 is 12.1. The van der Waals surface area contributed by atoms with Gasteiger partial charge in [0, 0.05) is 30.8 Å². The molecule has 0 amide bonds. The van der Waals surface area contributed by atoms with Gasteiger partial charge in [0.25, 0.3) is 0 Å². The summed E-state index contributed by atoms with van der Waals surface area (Å²) in [6, 6.07) is 2.81. The van der Waals surface area contributed by atoms with Crippen LogP contribution in [0.4, 0.5) is 10.2 Å². The van der Waals surface area contributed by atoms with Crippen LogP contribution >= 0.6 is 23.2 Å². The number of aromatic nitrogens is 2. The number of carbonyl (C=O) groups is 2. The average Bonchev–Trinajstić information content (AvgIpc) is 2.91. The fourth-order valence-corrected chi connectivity index (χ4v) is 3.66. The van der Waals surface area contributed by atoms with E-state index < -0.39 is 18.1 Å². The minimum atomic E-state index is -1.25. The van der Waals surface area contributed by atoms with Crippen LogP contribution in [-0.4, -0.2) is 46.1 Å². The average molecular weight is 414 g/mol. The fourth-order valence-electron chi connectivity index (χ4n) is 3.22. The zero-order valence-corrected chi connectivity index (χ0v) is 16.0. The van der Waals surface area contributed by atoms with E-state index in [1.165, 1.54) is 18.3 Å². The Balaban J connectivity index is 1.66. The summed E-state index contributed by atoms with van der Waals surface area (Å²) < 4.78 is 14.7. The number of H-pyrrole nitrogens is 1. The van der Waals surface area contributed by atoms with Crippen molar-refractivity contribution in [3.05, 3.63) is 45.3 Å². The van der Waals surface area contributed by atoms with Gasteiger partial charge in [0.1, 0.15) is 17.7 Å². The fraction of sp³-hybridized carbons (Fsp3) is 0.389. The van der Waals surface area contributed by atoms with Gasteiger partial charge in [0.2, 0.25) is 0 Å². The molecule has 3 heterocycles. The van der Waals surface area contributed by atoms with Crippen LogP contribution in [-0.2, 0) is 0 Å². The molecule has 0 radical (unpaired) electrons. The Labute approximate surface area is 165 Å². The van der Waals surface area contributed by atoms with E-state index in [-0.39, 0.29) is 35.0 Å². The van der Waals surface area contributed by atoms with Crippen molar-refractivity contribution in [2.45, 2.75) is 25.9 Å². The highest BCUT2D eigenvalue weighted by molar-refractivity contribution is 6.44. The molecule has 2 aromatic heterocycles. The van der Waals surface area contributed by atoms with E-state index in [9.17, 15) is 14.0 Å². The molecule has 2 aromatic rings. The minimum absolute atomic E-state index is 0.0214. The van der Waals surface area contributed by atoms with E-state index in [0.717, 1.165) is 0 Å². The smallest absolute Gasteiger partial charge is 0.335 e. The van der Waals surface area contributed by atoms with E-state index in [0.29, 0.717) is 29.5 Å². The number of carbonyl (C=O) groups excluding carboxylic acids is 1. The summed E-state index contributed by atoms with van der Waals surface area (Å²) in [4.78, 5) is 32.2. The molecule has 9 heteroatoms. The molecule has 1 aliphatic rings. The van der Waals surface area contributed by atoms with Crippen molar-refractivity contribution in [1.82, 2.24) is 9.97 Å². The Morgan fingerprint density at radius 1 is 1.41 bits per heavy atom. The van der Waals surface area contributed by atoms with Crippen LogP contribution in [0.3, 0.4) is 0 Å². The summed E-state index contributed by atoms with van der Waals surface area (Å²) in [7, 11) is 0. The van der Waals surface area contributed by atoms with Gasteiger partial charge < -0.3 is 15.0 Å².